The number of hydrogen-bond donors (Lipinski definition) is 3. The van der Waals surface area contributed by atoms with E-state index in [0.717, 1.165) is 0 Å². The lowest BCUT2D eigenvalue weighted by Gasteiger charge is -2.09. The van der Waals surface area contributed by atoms with Gasteiger partial charge in [-0.05, 0) is 19.1 Å². The van der Waals surface area contributed by atoms with Crippen molar-refractivity contribution in [3.05, 3.63) is 30.0 Å². The predicted octanol–water partition coefficient (Wildman–Crippen LogP) is 1.67. The van der Waals surface area contributed by atoms with Crippen LogP contribution in [0.3, 0.4) is 0 Å². The van der Waals surface area contributed by atoms with Crippen LogP contribution in [0.2, 0.25) is 0 Å². The summed E-state index contributed by atoms with van der Waals surface area (Å²) in [4.78, 5) is 0. The standard InChI is InChI=1S/C11H13N3O2/c1-7(5-12)11(13)14-8-3-2-4-9-10(8)16-6-15-9/h2-5H,6,12H2,1H3,(H2,13,14)/b7-5-. The molecule has 0 spiro atoms. The van der Waals surface area contributed by atoms with Crippen LogP contribution in [0.1, 0.15) is 6.92 Å². The lowest BCUT2D eigenvalue weighted by molar-refractivity contribution is 0.174. The minimum absolute atomic E-state index is 0.215. The van der Waals surface area contributed by atoms with Crippen molar-refractivity contribution >= 4 is 11.5 Å². The molecule has 16 heavy (non-hydrogen) atoms. The minimum Gasteiger partial charge on any atom is -0.454 e. The monoisotopic (exact) mass is 219 g/mol. The first-order chi connectivity index (χ1) is 7.72. The number of anilines is 1. The summed E-state index contributed by atoms with van der Waals surface area (Å²) < 4.78 is 10.5. The fourth-order valence-electron chi connectivity index (χ4n) is 1.35. The van der Waals surface area contributed by atoms with Crippen molar-refractivity contribution in [2.75, 3.05) is 12.1 Å². The summed E-state index contributed by atoms with van der Waals surface area (Å²) in [7, 11) is 0. The average Bonchev–Trinajstić information content (AvgIpc) is 2.77. The third kappa shape index (κ3) is 1.79. The maximum atomic E-state index is 7.74. The maximum absolute atomic E-state index is 7.74. The number of ether oxygens (including phenoxy) is 2. The SMILES string of the molecule is C/C(=C/N)C(=N)Nc1cccc2c1OCO2. The first-order valence-corrected chi connectivity index (χ1v) is 4.85. The molecule has 1 aromatic rings. The molecule has 0 unspecified atom stereocenters. The smallest absolute Gasteiger partial charge is 0.231 e. The van der Waals surface area contributed by atoms with E-state index >= 15 is 0 Å². The first kappa shape index (κ1) is 10.4. The number of hydrogen-bond acceptors (Lipinski definition) is 4. The molecule has 0 fully saturated rings. The van der Waals surface area contributed by atoms with Crippen molar-refractivity contribution in [1.82, 2.24) is 0 Å². The molecule has 0 saturated carbocycles. The summed E-state index contributed by atoms with van der Waals surface area (Å²) in [6.45, 7) is 1.98. The van der Waals surface area contributed by atoms with Crippen LogP contribution < -0.4 is 20.5 Å². The zero-order valence-electron chi connectivity index (χ0n) is 8.91. The van der Waals surface area contributed by atoms with Gasteiger partial charge in [0.05, 0.1) is 5.69 Å². The number of para-hydroxylation sites is 1. The van der Waals surface area contributed by atoms with Crippen LogP contribution in [0, 0.1) is 5.41 Å². The van der Waals surface area contributed by atoms with Gasteiger partial charge < -0.3 is 20.5 Å². The fraction of sp³-hybridized carbons (Fsp3) is 0.182. The Balaban J connectivity index is 2.23. The molecule has 5 heteroatoms. The molecule has 0 atom stereocenters. The van der Waals surface area contributed by atoms with Crippen molar-refractivity contribution in [2.24, 2.45) is 5.73 Å². The van der Waals surface area contributed by atoms with Crippen molar-refractivity contribution < 1.29 is 9.47 Å². The van der Waals surface area contributed by atoms with Crippen LogP contribution in [0.4, 0.5) is 5.69 Å². The van der Waals surface area contributed by atoms with E-state index in [1.54, 1.807) is 6.92 Å². The van der Waals surface area contributed by atoms with Gasteiger partial charge >= 0.3 is 0 Å². The number of amidine groups is 1. The van der Waals surface area contributed by atoms with Gasteiger partial charge in [-0.25, -0.2) is 0 Å². The Morgan fingerprint density at radius 2 is 2.31 bits per heavy atom. The highest BCUT2D eigenvalue weighted by molar-refractivity contribution is 6.06. The van der Waals surface area contributed by atoms with Crippen LogP contribution >= 0.6 is 0 Å². The van der Waals surface area contributed by atoms with Gasteiger partial charge in [-0.2, -0.15) is 0 Å². The highest BCUT2D eigenvalue weighted by Gasteiger charge is 2.17. The zero-order valence-corrected chi connectivity index (χ0v) is 8.91. The normalized spacial score (nSPS) is 13.7. The molecule has 4 N–H and O–H groups in total. The van der Waals surface area contributed by atoms with Crippen LogP contribution in [0.25, 0.3) is 0 Å². The Kier molecular flexibility index (Phi) is 2.68. The quantitative estimate of drug-likeness (QED) is 0.522. The van der Waals surface area contributed by atoms with Gasteiger partial charge in [0.2, 0.25) is 6.79 Å². The third-order valence-corrected chi connectivity index (χ3v) is 2.30. The van der Waals surface area contributed by atoms with E-state index in [4.69, 9.17) is 20.6 Å². The second-order valence-electron chi connectivity index (χ2n) is 3.39. The molecule has 1 heterocycles. The molecule has 0 amide bonds. The Morgan fingerprint density at radius 3 is 3.06 bits per heavy atom. The topological polar surface area (TPSA) is 80.4 Å². The molecule has 0 aromatic heterocycles. The van der Waals surface area contributed by atoms with E-state index in [0.29, 0.717) is 22.8 Å². The van der Waals surface area contributed by atoms with Crippen molar-refractivity contribution in [1.29, 1.82) is 5.41 Å². The molecule has 1 aliphatic rings. The summed E-state index contributed by atoms with van der Waals surface area (Å²) in [6.07, 6.45) is 1.38. The Morgan fingerprint density at radius 1 is 1.50 bits per heavy atom. The van der Waals surface area contributed by atoms with Gasteiger partial charge in [0.1, 0.15) is 5.84 Å². The molecule has 0 radical (unpaired) electrons. The van der Waals surface area contributed by atoms with Crippen LogP contribution in [-0.4, -0.2) is 12.6 Å². The fourth-order valence-corrected chi connectivity index (χ4v) is 1.35. The summed E-state index contributed by atoms with van der Waals surface area (Å²) in [5.74, 6) is 1.57. The molecule has 5 nitrogen and oxygen atoms in total. The lowest BCUT2D eigenvalue weighted by Crippen LogP contribution is -2.13. The predicted molar refractivity (Wildman–Crippen MR) is 61.9 cm³/mol. The van der Waals surface area contributed by atoms with Crippen molar-refractivity contribution in [3.63, 3.8) is 0 Å². The van der Waals surface area contributed by atoms with Gasteiger partial charge in [-0.15, -0.1) is 0 Å². The number of nitrogens with one attached hydrogen (secondary N) is 2. The van der Waals surface area contributed by atoms with Crippen molar-refractivity contribution in [3.8, 4) is 11.5 Å². The Labute approximate surface area is 93.4 Å². The van der Waals surface area contributed by atoms with E-state index in [2.05, 4.69) is 5.32 Å². The summed E-state index contributed by atoms with van der Waals surface area (Å²) in [5, 5.41) is 10.7. The highest BCUT2D eigenvalue weighted by atomic mass is 16.7. The second kappa shape index (κ2) is 4.14. The molecular formula is C11H13N3O2. The van der Waals surface area contributed by atoms with Crippen molar-refractivity contribution in [2.45, 2.75) is 6.92 Å². The van der Waals surface area contributed by atoms with Crippen LogP contribution in [0.15, 0.2) is 30.0 Å². The minimum atomic E-state index is 0.215. The van der Waals surface area contributed by atoms with E-state index in [-0.39, 0.29) is 12.6 Å². The highest BCUT2D eigenvalue weighted by Crippen LogP contribution is 2.38. The molecule has 1 aliphatic heterocycles. The van der Waals surface area contributed by atoms with E-state index in [1.807, 2.05) is 18.2 Å². The molecule has 2 rings (SSSR count). The van der Waals surface area contributed by atoms with Gasteiger partial charge in [-0.1, -0.05) is 6.07 Å². The summed E-state index contributed by atoms with van der Waals surface area (Å²) in [5.41, 5.74) is 6.71. The maximum Gasteiger partial charge on any atom is 0.231 e. The van der Waals surface area contributed by atoms with Gasteiger partial charge in [-0.3, -0.25) is 5.41 Å². The molecule has 84 valence electrons. The molecule has 0 aliphatic carbocycles. The molecule has 0 bridgehead atoms. The second-order valence-corrected chi connectivity index (χ2v) is 3.39. The number of fused-ring (bicyclic) bond motifs is 1. The third-order valence-electron chi connectivity index (χ3n) is 2.30. The van der Waals surface area contributed by atoms with Gasteiger partial charge in [0.25, 0.3) is 0 Å². The summed E-state index contributed by atoms with van der Waals surface area (Å²) >= 11 is 0. The zero-order chi connectivity index (χ0) is 11.5. The number of nitrogens with two attached hydrogens (primary N) is 1. The van der Waals surface area contributed by atoms with E-state index in [9.17, 15) is 0 Å². The lowest BCUT2D eigenvalue weighted by atomic mass is 10.2. The number of rotatable bonds is 2. The Hall–Kier alpha value is -2.17. The molecular weight excluding hydrogens is 206 g/mol. The van der Waals surface area contributed by atoms with Crippen LogP contribution in [-0.2, 0) is 0 Å². The van der Waals surface area contributed by atoms with E-state index < -0.39 is 0 Å². The number of benzene rings is 1. The van der Waals surface area contributed by atoms with Gasteiger partial charge in [0, 0.05) is 11.8 Å². The first-order valence-electron chi connectivity index (χ1n) is 4.85. The summed E-state index contributed by atoms with van der Waals surface area (Å²) in [6, 6.07) is 5.49. The van der Waals surface area contributed by atoms with Crippen LogP contribution in [0.5, 0.6) is 11.5 Å². The molecule has 0 saturated heterocycles. The largest absolute Gasteiger partial charge is 0.454 e. The average molecular weight is 219 g/mol. The van der Waals surface area contributed by atoms with E-state index in [1.165, 1.54) is 6.20 Å². The molecule has 1 aromatic carbocycles. The Bertz CT molecular complexity index is 455. The van der Waals surface area contributed by atoms with Gasteiger partial charge in [0.15, 0.2) is 11.5 Å².